The average Bonchev–Trinajstić information content (AvgIpc) is 2.97. The number of hydrogen-bond acceptors (Lipinski definition) is 2. The van der Waals surface area contributed by atoms with Crippen LogP contribution < -0.4 is 0 Å². The van der Waals surface area contributed by atoms with Crippen LogP contribution in [-0.4, -0.2) is 15.0 Å². The SMILES string of the molecule is CC(C)(C)C(c1nc(-c2cccnc2)c[nH]1)C1CCCCC1. The molecule has 2 aromatic rings. The van der Waals surface area contributed by atoms with Gasteiger partial charge < -0.3 is 4.98 Å². The Kier molecular flexibility index (Phi) is 4.32. The van der Waals surface area contributed by atoms with E-state index in [9.17, 15) is 0 Å². The lowest BCUT2D eigenvalue weighted by Crippen LogP contribution is -2.28. The van der Waals surface area contributed by atoms with Gasteiger partial charge in [-0.1, -0.05) is 40.0 Å². The van der Waals surface area contributed by atoms with Gasteiger partial charge in [0.05, 0.1) is 5.69 Å². The molecule has 22 heavy (non-hydrogen) atoms. The van der Waals surface area contributed by atoms with Crippen molar-refractivity contribution in [1.82, 2.24) is 15.0 Å². The van der Waals surface area contributed by atoms with E-state index in [2.05, 4.69) is 36.8 Å². The van der Waals surface area contributed by atoms with Crippen LogP contribution in [0.4, 0.5) is 0 Å². The zero-order valence-electron chi connectivity index (χ0n) is 14.0. The molecule has 2 heterocycles. The van der Waals surface area contributed by atoms with E-state index in [1.165, 1.54) is 32.1 Å². The summed E-state index contributed by atoms with van der Waals surface area (Å²) in [5.74, 6) is 2.40. The molecular weight excluding hydrogens is 270 g/mol. The normalized spacial score (nSPS) is 18.3. The summed E-state index contributed by atoms with van der Waals surface area (Å²) >= 11 is 0. The van der Waals surface area contributed by atoms with Crippen molar-refractivity contribution in [2.24, 2.45) is 11.3 Å². The van der Waals surface area contributed by atoms with Gasteiger partial charge in [-0.15, -0.1) is 0 Å². The summed E-state index contributed by atoms with van der Waals surface area (Å²) < 4.78 is 0. The highest BCUT2D eigenvalue weighted by atomic mass is 14.9. The summed E-state index contributed by atoms with van der Waals surface area (Å²) in [5.41, 5.74) is 2.32. The minimum atomic E-state index is 0.228. The van der Waals surface area contributed by atoms with Gasteiger partial charge in [-0.25, -0.2) is 4.98 Å². The third kappa shape index (κ3) is 3.23. The maximum Gasteiger partial charge on any atom is 0.110 e. The Hall–Kier alpha value is -1.64. The van der Waals surface area contributed by atoms with Gasteiger partial charge in [0.25, 0.3) is 0 Å². The molecule has 1 N–H and O–H groups in total. The molecule has 0 aromatic carbocycles. The summed E-state index contributed by atoms with van der Waals surface area (Å²) in [6.07, 6.45) is 12.5. The van der Waals surface area contributed by atoms with Crippen molar-refractivity contribution < 1.29 is 0 Å². The van der Waals surface area contributed by atoms with E-state index in [1.54, 1.807) is 6.20 Å². The van der Waals surface area contributed by atoms with Gasteiger partial charge in [0.2, 0.25) is 0 Å². The molecule has 1 fully saturated rings. The molecule has 0 aliphatic heterocycles. The molecule has 0 amide bonds. The quantitative estimate of drug-likeness (QED) is 0.848. The average molecular weight is 297 g/mol. The van der Waals surface area contributed by atoms with Crippen molar-refractivity contribution in [3.8, 4) is 11.3 Å². The van der Waals surface area contributed by atoms with E-state index < -0.39 is 0 Å². The Morgan fingerprint density at radius 2 is 1.95 bits per heavy atom. The molecule has 0 bridgehead atoms. The Morgan fingerprint density at radius 3 is 2.59 bits per heavy atom. The van der Waals surface area contributed by atoms with Gasteiger partial charge in [-0.3, -0.25) is 4.98 Å². The fraction of sp³-hybridized carbons (Fsp3) is 0.579. The predicted molar refractivity (Wildman–Crippen MR) is 90.6 cm³/mol. The van der Waals surface area contributed by atoms with Crippen LogP contribution in [0.25, 0.3) is 11.3 Å². The summed E-state index contributed by atoms with van der Waals surface area (Å²) in [5, 5.41) is 0. The highest BCUT2D eigenvalue weighted by Gasteiger charge is 2.36. The standard InChI is InChI=1S/C19H27N3/c1-19(2,3)17(14-8-5-4-6-9-14)18-21-13-16(22-18)15-10-7-11-20-12-15/h7,10-14,17H,4-6,8-9H2,1-3H3,(H,21,22). The van der Waals surface area contributed by atoms with E-state index >= 15 is 0 Å². The second kappa shape index (κ2) is 6.23. The Balaban J connectivity index is 1.90. The lowest BCUT2D eigenvalue weighted by atomic mass is 9.68. The highest BCUT2D eigenvalue weighted by Crippen LogP contribution is 2.45. The fourth-order valence-corrected chi connectivity index (χ4v) is 3.97. The molecule has 0 radical (unpaired) electrons. The zero-order chi connectivity index (χ0) is 15.6. The number of aromatic nitrogens is 3. The molecule has 1 aliphatic rings. The molecule has 0 spiro atoms. The van der Waals surface area contributed by atoms with Crippen LogP contribution in [0, 0.1) is 11.3 Å². The van der Waals surface area contributed by atoms with Crippen LogP contribution in [0.5, 0.6) is 0 Å². The second-order valence-electron chi connectivity index (χ2n) is 7.65. The number of rotatable bonds is 3. The lowest BCUT2D eigenvalue weighted by molar-refractivity contribution is 0.184. The number of nitrogens with one attached hydrogen (secondary N) is 1. The summed E-state index contributed by atoms with van der Waals surface area (Å²) in [4.78, 5) is 12.6. The van der Waals surface area contributed by atoms with Crippen LogP contribution in [0.1, 0.15) is 64.6 Å². The molecule has 1 atom stereocenters. The highest BCUT2D eigenvalue weighted by molar-refractivity contribution is 5.56. The predicted octanol–water partition coefficient (Wildman–Crippen LogP) is 5.18. The van der Waals surface area contributed by atoms with E-state index in [1.807, 2.05) is 18.5 Å². The first-order valence-corrected chi connectivity index (χ1v) is 8.51. The molecule has 3 nitrogen and oxygen atoms in total. The molecule has 1 saturated carbocycles. The topological polar surface area (TPSA) is 41.6 Å². The minimum Gasteiger partial charge on any atom is -0.348 e. The fourth-order valence-electron chi connectivity index (χ4n) is 3.97. The molecular formula is C19H27N3. The van der Waals surface area contributed by atoms with Gasteiger partial charge in [-0.2, -0.15) is 0 Å². The maximum absolute atomic E-state index is 4.93. The van der Waals surface area contributed by atoms with E-state index in [0.717, 1.165) is 23.0 Å². The van der Waals surface area contributed by atoms with Gasteiger partial charge in [0, 0.05) is 30.1 Å². The van der Waals surface area contributed by atoms with Crippen molar-refractivity contribution in [2.45, 2.75) is 58.8 Å². The van der Waals surface area contributed by atoms with Gasteiger partial charge in [0.15, 0.2) is 0 Å². The first-order chi connectivity index (χ1) is 10.6. The van der Waals surface area contributed by atoms with Gasteiger partial charge >= 0.3 is 0 Å². The van der Waals surface area contributed by atoms with Crippen molar-refractivity contribution >= 4 is 0 Å². The number of hydrogen-bond donors (Lipinski definition) is 1. The van der Waals surface area contributed by atoms with Crippen LogP contribution in [0.15, 0.2) is 30.7 Å². The smallest absolute Gasteiger partial charge is 0.110 e. The molecule has 2 aromatic heterocycles. The summed E-state index contributed by atoms with van der Waals surface area (Å²) in [6, 6.07) is 4.03. The molecule has 3 heteroatoms. The van der Waals surface area contributed by atoms with Gasteiger partial charge in [-0.05, 0) is 36.3 Å². The summed E-state index contributed by atoms with van der Waals surface area (Å²) in [6.45, 7) is 7.04. The maximum atomic E-state index is 4.93. The Bertz CT molecular complexity index is 589. The van der Waals surface area contributed by atoms with E-state index in [4.69, 9.17) is 4.98 Å². The number of H-pyrrole nitrogens is 1. The lowest BCUT2D eigenvalue weighted by Gasteiger charge is -2.37. The van der Waals surface area contributed by atoms with Crippen molar-refractivity contribution in [3.05, 3.63) is 36.5 Å². The molecule has 1 unspecified atom stereocenters. The number of pyridine rings is 1. The largest absolute Gasteiger partial charge is 0.348 e. The Morgan fingerprint density at radius 1 is 1.18 bits per heavy atom. The van der Waals surface area contributed by atoms with E-state index in [-0.39, 0.29) is 5.41 Å². The Labute approximate surface area is 133 Å². The zero-order valence-corrected chi connectivity index (χ0v) is 14.0. The van der Waals surface area contributed by atoms with Crippen LogP contribution in [-0.2, 0) is 0 Å². The van der Waals surface area contributed by atoms with Crippen LogP contribution in [0.2, 0.25) is 0 Å². The van der Waals surface area contributed by atoms with Crippen molar-refractivity contribution in [3.63, 3.8) is 0 Å². The second-order valence-corrected chi connectivity index (χ2v) is 7.65. The third-order valence-corrected chi connectivity index (χ3v) is 4.90. The van der Waals surface area contributed by atoms with Crippen molar-refractivity contribution in [1.29, 1.82) is 0 Å². The molecule has 0 saturated heterocycles. The number of imidazole rings is 1. The number of aromatic amines is 1. The number of nitrogens with zero attached hydrogens (tertiary/aromatic N) is 2. The monoisotopic (exact) mass is 297 g/mol. The van der Waals surface area contributed by atoms with E-state index in [0.29, 0.717) is 5.92 Å². The first-order valence-electron chi connectivity index (χ1n) is 8.51. The first kappa shape index (κ1) is 15.3. The van der Waals surface area contributed by atoms with Crippen LogP contribution >= 0.6 is 0 Å². The molecule has 1 aliphatic carbocycles. The van der Waals surface area contributed by atoms with Crippen molar-refractivity contribution in [2.75, 3.05) is 0 Å². The van der Waals surface area contributed by atoms with Crippen LogP contribution in [0.3, 0.4) is 0 Å². The summed E-state index contributed by atoms with van der Waals surface area (Å²) in [7, 11) is 0. The molecule has 3 rings (SSSR count). The molecule has 118 valence electrons. The minimum absolute atomic E-state index is 0.228. The van der Waals surface area contributed by atoms with Gasteiger partial charge in [0.1, 0.15) is 5.82 Å². The third-order valence-electron chi connectivity index (χ3n) is 4.90.